The zero-order chi connectivity index (χ0) is 21.1. The minimum absolute atomic E-state index is 0.124. The predicted molar refractivity (Wildman–Crippen MR) is 120 cm³/mol. The van der Waals surface area contributed by atoms with Gasteiger partial charge in [0.15, 0.2) is 0 Å². The highest BCUT2D eigenvalue weighted by atomic mass is 32.2. The lowest BCUT2D eigenvalue weighted by atomic mass is 10.0. The third kappa shape index (κ3) is 4.26. The van der Waals surface area contributed by atoms with Crippen LogP contribution in [-0.4, -0.2) is 12.2 Å². The standard InChI is InChI=1S/C25H22FNO2S/c1-16-22(12-17-5-8-20(30-2)9-6-17)21-10-7-18(26)13-24(21)23(16)14-25(28)27-15-19-4-3-11-29-19/h3-13H,14-15H2,1-2H3,(H,27,28)/b22-12-. The number of fused-ring (bicyclic) bond motifs is 1. The van der Waals surface area contributed by atoms with E-state index in [1.54, 1.807) is 30.2 Å². The van der Waals surface area contributed by atoms with Gasteiger partial charge in [-0.05, 0) is 89.1 Å². The van der Waals surface area contributed by atoms with E-state index in [2.05, 4.69) is 35.7 Å². The van der Waals surface area contributed by atoms with Crippen molar-refractivity contribution in [3.63, 3.8) is 0 Å². The first-order valence-corrected chi connectivity index (χ1v) is 10.9. The number of rotatable bonds is 6. The SMILES string of the molecule is CSc1ccc(/C=C2/C(C)=C(CC(=O)NCc3ccco3)c3cc(F)ccc32)cc1. The minimum atomic E-state index is -0.305. The van der Waals surface area contributed by atoms with E-state index in [0.29, 0.717) is 12.3 Å². The second-order valence-corrected chi connectivity index (χ2v) is 8.04. The van der Waals surface area contributed by atoms with Crippen LogP contribution in [-0.2, 0) is 11.3 Å². The zero-order valence-electron chi connectivity index (χ0n) is 16.9. The van der Waals surface area contributed by atoms with Crippen molar-refractivity contribution in [1.29, 1.82) is 0 Å². The molecule has 0 spiro atoms. The largest absolute Gasteiger partial charge is 0.467 e. The first-order valence-electron chi connectivity index (χ1n) is 9.70. The molecule has 3 aromatic rings. The Morgan fingerprint density at radius 2 is 1.93 bits per heavy atom. The third-order valence-electron chi connectivity index (χ3n) is 5.26. The van der Waals surface area contributed by atoms with Crippen LogP contribution < -0.4 is 5.32 Å². The average molecular weight is 420 g/mol. The molecule has 3 nitrogen and oxygen atoms in total. The number of furan rings is 1. The second-order valence-electron chi connectivity index (χ2n) is 7.16. The van der Waals surface area contributed by atoms with Crippen molar-refractivity contribution >= 4 is 34.9 Å². The van der Waals surface area contributed by atoms with E-state index in [1.807, 2.05) is 19.2 Å². The van der Waals surface area contributed by atoms with E-state index in [9.17, 15) is 9.18 Å². The first kappa shape index (κ1) is 20.2. The molecule has 0 unspecified atom stereocenters. The van der Waals surface area contributed by atoms with Gasteiger partial charge >= 0.3 is 0 Å². The van der Waals surface area contributed by atoms with Gasteiger partial charge in [0.05, 0.1) is 19.2 Å². The summed E-state index contributed by atoms with van der Waals surface area (Å²) in [6.07, 6.45) is 5.91. The molecular formula is C25H22FNO2S. The van der Waals surface area contributed by atoms with Gasteiger partial charge in [-0.2, -0.15) is 0 Å². The molecule has 152 valence electrons. The molecule has 5 heteroatoms. The maximum atomic E-state index is 14.0. The van der Waals surface area contributed by atoms with E-state index in [0.717, 1.165) is 33.4 Å². The number of halogens is 1. The summed E-state index contributed by atoms with van der Waals surface area (Å²) in [6.45, 7) is 2.33. The van der Waals surface area contributed by atoms with Crippen molar-refractivity contribution in [2.75, 3.05) is 6.26 Å². The van der Waals surface area contributed by atoms with Crippen LogP contribution in [0.3, 0.4) is 0 Å². The van der Waals surface area contributed by atoms with E-state index in [4.69, 9.17) is 4.42 Å². The van der Waals surface area contributed by atoms with Gasteiger partial charge in [0.25, 0.3) is 0 Å². The topological polar surface area (TPSA) is 42.2 Å². The van der Waals surface area contributed by atoms with Gasteiger partial charge in [-0.15, -0.1) is 11.8 Å². The maximum absolute atomic E-state index is 14.0. The Labute approximate surface area is 179 Å². The number of allylic oxidation sites excluding steroid dienone is 2. The molecule has 0 aliphatic heterocycles. The van der Waals surface area contributed by atoms with Gasteiger partial charge in [-0.25, -0.2) is 4.39 Å². The lowest BCUT2D eigenvalue weighted by Crippen LogP contribution is -2.22. The summed E-state index contributed by atoms with van der Waals surface area (Å²) >= 11 is 1.70. The molecule has 0 saturated carbocycles. The number of hydrogen-bond donors (Lipinski definition) is 1. The zero-order valence-corrected chi connectivity index (χ0v) is 17.7. The number of carbonyl (C=O) groups is 1. The summed E-state index contributed by atoms with van der Waals surface area (Å²) < 4.78 is 19.3. The average Bonchev–Trinajstić information content (AvgIpc) is 3.36. The highest BCUT2D eigenvalue weighted by molar-refractivity contribution is 7.98. The van der Waals surface area contributed by atoms with E-state index < -0.39 is 0 Å². The molecule has 0 saturated heterocycles. The van der Waals surface area contributed by atoms with Crippen molar-refractivity contribution in [1.82, 2.24) is 5.32 Å². The van der Waals surface area contributed by atoms with Gasteiger partial charge < -0.3 is 9.73 Å². The molecule has 0 bridgehead atoms. The van der Waals surface area contributed by atoms with Crippen LogP contribution in [0.2, 0.25) is 0 Å². The number of hydrogen-bond acceptors (Lipinski definition) is 3. The Bertz CT molecular complexity index is 1130. The monoisotopic (exact) mass is 419 g/mol. The fourth-order valence-electron chi connectivity index (χ4n) is 3.67. The lowest BCUT2D eigenvalue weighted by molar-refractivity contribution is -0.120. The van der Waals surface area contributed by atoms with Gasteiger partial charge in [0.2, 0.25) is 5.91 Å². The molecule has 1 aliphatic carbocycles. The van der Waals surface area contributed by atoms with Crippen molar-refractivity contribution < 1.29 is 13.6 Å². The Hall–Kier alpha value is -3.05. The number of amides is 1. The molecule has 30 heavy (non-hydrogen) atoms. The number of carbonyl (C=O) groups excluding carboxylic acids is 1. The molecule has 1 amide bonds. The van der Waals surface area contributed by atoms with Crippen molar-refractivity contribution in [2.24, 2.45) is 0 Å². The molecule has 1 aliphatic rings. The van der Waals surface area contributed by atoms with Gasteiger partial charge in [-0.3, -0.25) is 4.79 Å². The van der Waals surface area contributed by atoms with Crippen LogP contribution in [0.1, 0.15) is 35.8 Å². The highest BCUT2D eigenvalue weighted by Gasteiger charge is 2.25. The van der Waals surface area contributed by atoms with Crippen LogP contribution in [0.4, 0.5) is 4.39 Å². The molecule has 0 fully saturated rings. The Balaban J connectivity index is 1.63. The Kier molecular flexibility index (Phi) is 5.91. The lowest BCUT2D eigenvalue weighted by Gasteiger charge is -2.07. The van der Waals surface area contributed by atoms with Crippen LogP contribution in [0, 0.1) is 5.82 Å². The molecule has 0 radical (unpaired) electrons. The summed E-state index contributed by atoms with van der Waals surface area (Å²) in [6, 6.07) is 16.7. The molecule has 2 aromatic carbocycles. The van der Waals surface area contributed by atoms with Gasteiger partial charge in [0, 0.05) is 4.90 Å². The highest BCUT2D eigenvalue weighted by Crippen LogP contribution is 2.43. The summed E-state index contributed by atoms with van der Waals surface area (Å²) in [5.41, 5.74) is 5.69. The smallest absolute Gasteiger partial charge is 0.224 e. The first-order chi connectivity index (χ1) is 14.5. The fourth-order valence-corrected chi connectivity index (χ4v) is 4.08. The van der Waals surface area contributed by atoms with Crippen molar-refractivity contribution in [3.05, 3.63) is 94.7 Å². The normalized spacial score (nSPS) is 14.3. The third-order valence-corrected chi connectivity index (χ3v) is 6.00. The second kappa shape index (κ2) is 8.76. The van der Waals surface area contributed by atoms with Crippen molar-refractivity contribution in [3.8, 4) is 0 Å². The summed E-state index contributed by atoms with van der Waals surface area (Å²) in [4.78, 5) is 13.8. The molecule has 1 aromatic heterocycles. The predicted octanol–water partition coefficient (Wildman–Crippen LogP) is 6.17. The maximum Gasteiger partial charge on any atom is 0.224 e. The summed E-state index contributed by atoms with van der Waals surface area (Å²) in [7, 11) is 0. The van der Waals surface area contributed by atoms with Crippen LogP contribution in [0.25, 0.3) is 17.2 Å². The quantitative estimate of drug-likeness (QED) is 0.486. The summed E-state index contributed by atoms with van der Waals surface area (Å²) in [5.74, 6) is 0.267. The van der Waals surface area contributed by atoms with Crippen molar-refractivity contribution in [2.45, 2.75) is 24.8 Å². The molecule has 1 N–H and O–H groups in total. The minimum Gasteiger partial charge on any atom is -0.467 e. The van der Waals surface area contributed by atoms with Crippen LogP contribution in [0.5, 0.6) is 0 Å². The summed E-state index contributed by atoms with van der Waals surface area (Å²) in [5, 5.41) is 2.87. The molecule has 1 heterocycles. The number of thioether (sulfide) groups is 1. The number of nitrogens with one attached hydrogen (secondary N) is 1. The van der Waals surface area contributed by atoms with E-state index >= 15 is 0 Å². The number of benzene rings is 2. The van der Waals surface area contributed by atoms with Crippen LogP contribution in [0.15, 0.2) is 75.7 Å². The molecule has 0 atom stereocenters. The van der Waals surface area contributed by atoms with E-state index in [1.165, 1.54) is 17.0 Å². The van der Waals surface area contributed by atoms with Gasteiger partial charge in [0.1, 0.15) is 11.6 Å². The Morgan fingerprint density at radius 3 is 2.63 bits per heavy atom. The van der Waals surface area contributed by atoms with E-state index in [-0.39, 0.29) is 18.1 Å². The molecular weight excluding hydrogens is 397 g/mol. The molecule has 4 rings (SSSR count). The van der Waals surface area contributed by atoms with Gasteiger partial charge in [-0.1, -0.05) is 18.2 Å². The van der Waals surface area contributed by atoms with Crippen LogP contribution >= 0.6 is 11.8 Å². The Morgan fingerprint density at radius 1 is 1.13 bits per heavy atom. The fraction of sp³-hybridized carbons (Fsp3) is 0.160.